The second-order valence-electron chi connectivity index (χ2n) is 7.75. The summed E-state index contributed by atoms with van der Waals surface area (Å²) in [6.45, 7) is 4.60. The van der Waals surface area contributed by atoms with E-state index in [2.05, 4.69) is 10.8 Å². The summed E-state index contributed by atoms with van der Waals surface area (Å²) < 4.78 is 41.7. The van der Waals surface area contributed by atoms with Gasteiger partial charge in [0, 0.05) is 17.8 Å². The molecule has 0 fully saturated rings. The van der Waals surface area contributed by atoms with E-state index in [0.29, 0.717) is 6.54 Å². The van der Waals surface area contributed by atoms with Crippen LogP contribution in [-0.2, 0) is 16.4 Å². The summed E-state index contributed by atoms with van der Waals surface area (Å²) in [6.07, 6.45) is 1.75. The van der Waals surface area contributed by atoms with Crippen molar-refractivity contribution in [1.82, 2.24) is 0 Å². The van der Waals surface area contributed by atoms with Crippen molar-refractivity contribution >= 4 is 27.3 Å². The molecule has 0 spiro atoms. The molecular formula is C24H23FN2O3S. The van der Waals surface area contributed by atoms with Crippen molar-refractivity contribution in [3.8, 4) is 0 Å². The molecule has 0 aromatic heterocycles. The van der Waals surface area contributed by atoms with Crippen molar-refractivity contribution < 1.29 is 17.6 Å². The number of carbonyl (C=O) groups is 1. The normalized spacial score (nSPS) is 13.6. The molecule has 1 N–H and O–H groups in total. The Morgan fingerprint density at radius 2 is 1.81 bits per heavy atom. The van der Waals surface area contributed by atoms with Crippen molar-refractivity contribution in [3.05, 3.63) is 88.7 Å². The average molecular weight is 439 g/mol. The number of fused-ring (bicyclic) bond motifs is 1. The molecule has 1 aliphatic rings. The van der Waals surface area contributed by atoms with E-state index in [9.17, 15) is 17.6 Å². The number of hydrogen-bond acceptors (Lipinski definition) is 3. The third kappa shape index (κ3) is 4.18. The van der Waals surface area contributed by atoms with Crippen LogP contribution in [0.25, 0.3) is 0 Å². The number of benzene rings is 3. The van der Waals surface area contributed by atoms with E-state index in [1.807, 2.05) is 19.9 Å². The topological polar surface area (TPSA) is 66.5 Å². The summed E-state index contributed by atoms with van der Waals surface area (Å²) in [5.41, 5.74) is 4.37. The summed E-state index contributed by atoms with van der Waals surface area (Å²) in [6, 6.07) is 15.5. The number of para-hydroxylation sites is 1. The van der Waals surface area contributed by atoms with Crippen LogP contribution in [0.1, 0.15) is 33.5 Å². The maximum Gasteiger partial charge on any atom is 0.262 e. The van der Waals surface area contributed by atoms with Crippen LogP contribution in [0, 0.1) is 19.7 Å². The Balaban J connectivity index is 1.67. The van der Waals surface area contributed by atoms with Crippen molar-refractivity contribution in [2.24, 2.45) is 0 Å². The van der Waals surface area contributed by atoms with Gasteiger partial charge in [-0.25, -0.2) is 12.8 Å². The van der Waals surface area contributed by atoms with Gasteiger partial charge in [0.05, 0.1) is 10.6 Å². The lowest BCUT2D eigenvalue weighted by Gasteiger charge is -2.31. The number of amides is 1. The first-order valence-corrected chi connectivity index (χ1v) is 11.5. The summed E-state index contributed by atoms with van der Waals surface area (Å²) >= 11 is 0. The monoisotopic (exact) mass is 438 g/mol. The molecule has 5 nitrogen and oxygen atoms in total. The Morgan fingerprint density at radius 1 is 1.03 bits per heavy atom. The molecule has 0 aliphatic carbocycles. The molecule has 31 heavy (non-hydrogen) atoms. The molecule has 0 atom stereocenters. The van der Waals surface area contributed by atoms with Crippen LogP contribution < -0.4 is 9.62 Å². The maximum atomic E-state index is 13.9. The molecule has 0 radical (unpaired) electrons. The van der Waals surface area contributed by atoms with Crippen molar-refractivity contribution in [2.45, 2.75) is 31.6 Å². The Kier molecular flexibility index (Phi) is 5.54. The largest absolute Gasteiger partial charge is 0.308 e. The number of sulfonamides is 1. The third-order valence-electron chi connectivity index (χ3n) is 5.45. The second-order valence-corrected chi connectivity index (χ2v) is 9.44. The number of carbonyl (C=O) groups excluding carboxylic acids is 1. The molecule has 0 saturated heterocycles. The van der Waals surface area contributed by atoms with E-state index >= 15 is 0 Å². The fourth-order valence-electron chi connectivity index (χ4n) is 3.99. The zero-order valence-electron chi connectivity index (χ0n) is 17.4. The highest BCUT2D eigenvalue weighted by Crippen LogP contribution is 2.32. The number of nitrogens with zero attached hydrogens (tertiary/aromatic N) is 1. The van der Waals surface area contributed by atoms with Gasteiger partial charge in [-0.2, -0.15) is 0 Å². The van der Waals surface area contributed by atoms with E-state index < -0.39 is 15.8 Å². The van der Waals surface area contributed by atoms with E-state index in [-0.39, 0.29) is 22.1 Å². The van der Waals surface area contributed by atoms with Crippen LogP contribution in [0.2, 0.25) is 0 Å². The predicted molar refractivity (Wildman–Crippen MR) is 120 cm³/mol. The highest BCUT2D eigenvalue weighted by atomic mass is 32.2. The molecule has 1 aliphatic heterocycles. The number of hydrogen-bond donors (Lipinski definition) is 1. The Morgan fingerprint density at radius 3 is 2.58 bits per heavy atom. The molecular weight excluding hydrogens is 415 g/mol. The van der Waals surface area contributed by atoms with Crippen molar-refractivity contribution in [1.29, 1.82) is 0 Å². The van der Waals surface area contributed by atoms with Crippen LogP contribution in [-0.4, -0.2) is 20.9 Å². The number of nitrogens with one attached hydrogen (secondary N) is 1. The Bertz CT molecular complexity index is 1270. The van der Waals surface area contributed by atoms with Gasteiger partial charge < -0.3 is 4.90 Å². The lowest BCUT2D eigenvalue weighted by atomic mass is 9.94. The summed E-state index contributed by atoms with van der Waals surface area (Å²) in [5, 5.41) is 0. The van der Waals surface area contributed by atoms with Crippen LogP contribution in [0.5, 0.6) is 0 Å². The lowest BCUT2D eigenvalue weighted by Crippen LogP contribution is -2.36. The first-order valence-electron chi connectivity index (χ1n) is 10.1. The maximum absolute atomic E-state index is 13.9. The lowest BCUT2D eigenvalue weighted by molar-refractivity contribution is 0.0985. The molecule has 7 heteroatoms. The predicted octanol–water partition coefficient (Wildman–Crippen LogP) is 4.84. The van der Waals surface area contributed by atoms with Gasteiger partial charge in [-0.05, 0) is 79.8 Å². The molecule has 1 heterocycles. The van der Waals surface area contributed by atoms with Crippen LogP contribution in [0.15, 0.2) is 65.6 Å². The summed E-state index contributed by atoms with van der Waals surface area (Å²) in [4.78, 5) is 14.9. The summed E-state index contributed by atoms with van der Waals surface area (Å²) in [7, 11) is -4.06. The summed E-state index contributed by atoms with van der Waals surface area (Å²) in [5.74, 6) is -0.928. The van der Waals surface area contributed by atoms with Gasteiger partial charge in [0.1, 0.15) is 5.82 Å². The molecule has 3 aromatic rings. The minimum atomic E-state index is -4.06. The van der Waals surface area contributed by atoms with Gasteiger partial charge in [0.25, 0.3) is 15.9 Å². The minimum Gasteiger partial charge on any atom is -0.308 e. The molecule has 0 unspecified atom stereocenters. The quantitative estimate of drug-likeness (QED) is 0.634. The number of rotatable bonds is 4. The van der Waals surface area contributed by atoms with Crippen molar-refractivity contribution in [3.63, 3.8) is 0 Å². The Hall–Kier alpha value is -3.19. The van der Waals surface area contributed by atoms with Crippen LogP contribution >= 0.6 is 0 Å². The van der Waals surface area contributed by atoms with E-state index in [1.54, 1.807) is 17.0 Å². The average Bonchev–Trinajstić information content (AvgIpc) is 2.74. The molecule has 0 bridgehead atoms. The first kappa shape index (κ1) is 21.1. The Labute approximate surface area is 181 Å². The fourth-order valence-corrected chi connectivity index (χ4v) is 5.10. The molecule has 4 rings (SSSR count). The number of anilines is 2. The standard InChI is InChI=1S/C24H23FN2O3S/c1-16-13-17(2)20-9-6-12-27(23(20)14-16)24(28)18-7-5-8-19(15-18)31(29,30)26-22-11-4-3-10-21(22)25/h3-5,7-8,10-11,13-15,26H,6,9,12H2,1-2H3. The highest BCUT2D eigenvalue weighted by Gasteiger charge is 2.26. The van der Waals surface area contributed by atoms with Gasteiger partial charge in [-0.3, -0.25) is 9.52 Å². The minimum absolute atomic E-state index is 0.0979. The first-order chi connectivity index (χ1) is 14.8. The van der Waals surface area contributed by atoms with Crippen molar-refractivity contribution in [2.75, 3.05) is 16.2 Å². The van der Waals surface area contributed by atoms with Crippen LogP contribution in [0.4, 0.5) is 15.8 Å². The SMILES string of the molecule is Cc1cc(C)c2c(c1)N(C(=O)c1cccc(S(=O)(=O)Nc3ccccc3F)c1)CCC2. The van der Waals surface area contributed by atoms with E-state index in [4.69, 9.17) is 0 Å². The zero-order valence-corrected chi connectivity index (χ0v) is 18.2. The van der Waals surface area contributed by atoms with Gasteiger partial charge in [-0.1, -0.05) is 24.3 Å². The highest BCUT2D eigenvalue weighted by molar-refractivity contribution is 7.92. The molecule has 1 amide bonds. The van der Waals surface area contributed by atoms with Gasteiger partial charge in [0.2, 0.25) is 0 Å². The third-order valence-corrected chi connectivity index (χ3v) is 6.81. The smallest absolute Gasteiger partial charge is 0.262 e. The molecule has 160 valence electrons. The van der Waals surface area contributed by atoms with Gasteiger partial charge >= 0.3 is 0 Å². The van der Waals surface area contributed by atoms with Gasteiger partial charge in [-0.15, -0.1) is 0 Å². The fraction of sp³-hybridized carbons (Fsp3) is 0.208. The number of halogens is 1. The molecule has 0 saturated carbocycles. The second kappa shape index (κ2) is 8.15. The van der Waals surface area contributed by atoms with E-state index in [0.717, 1.165) is 35.2 Å². The zero-order chi connectivity index (χ0) is 22.2. The van der Waals surface area contributed by atoms with E-state index in [1.165, 1.54) is 36.4 Å². The molecule has 3 aromatic carbocycles. The van der Waals surface area contributed by atoms with Gasteiger partial charge in [0.15, 0.2) is 0 Å². The number of aryl methyl sites for hydroxylation is 2. The van der Waals surface area contributed by atoms with Crippen LogP contribution in [0.3, 0.4) is 0 Å².